The summed E-state index contributed by atoms with van der Waals surface area (Å²) in [6.07, 6.45) is 3.03. The summed E-state index contributed by atoms with van der Waals surface area (Å²) in [5.74, 6) is 0.0678. The van der Waals surface area contributed by atoms with Crippen LogP contribution in [0.15, 0.2) is 16.3 Å². The Kier molecular flexibility index (Phi) is 6.05. The zero-order chi connectivity index (χ0) is 18.0. The Morgan fingerprint density at radius 2 is 1.80 bits per heavy atom. The molecule has 6 nitrogen and oxygen atoms in total. The molecule has 1 aromatic rings. The predicted molar refractivity (Wildman–Crippen MR) is 97.5 cm³/mol. The topological polar surface area (TPSA) is 66.9 Å². The Hall–Kier alpha value is -0.670. The van der Waals surface area contributed by atoms with Crippen LogP contribution in [0.25, 0.3) is 0 Å². The molecule has 1 amide bonds. The summed E-state index contributed by atoms with van der Waals surface area (Å²) in [5, 5.41) is 0. The van der Waals surface area contributed by atoms with Crippen LogP contribution in [0.4, 0.5) is 0 Å². The van der Waals surface area contributed by atoms with Gasteiger partial charge in [0.05, 0.1) is 4.34 Å². The van der Waals surface area contributed by atoms with Gasteiger partial charge in [0.2, 0.25) is 5.91 Å². The van der Waals surface area contributed by atoms with Gasteiger partial charge in [-0.3, -0.25) is 4.79 Å². The molecule has 9 heteroatoms. The highest BCUT2D eigenvalue weighted by Gasteiger charge is 2.36. The molecule has 2 aliphatic rings. The zero-order valence-electron chi connectivity index (χ0n) is 14.2. The fraction of sp³-hybridized carbons (Fsp3) is 0.688. The number of amides is 1. The molecule has 25 heavy (non-hydrogen) atoms. The lowest BCUT2D eigenvalue weighted by Crippen LogP contribution is -2.53. The van der Waals surface area contributed by atoms with Crippen molar-refractivity contribution in [2.75, 3.05) is 26.3 Å². The largest absolute Gasteiger partial charge is 0.381 e. The maximum Gasteiger partial charge on any atom is 0.252 e. The third-order valence-electron chi connectivity index (χ3n) is 4.91. The van der Waals surface area contributed by atoms with Crippen LogP contribution in [0.3, 0.4) is 0 Å². The SMILES string of the molecule is CC(=O)N(C1CCOCC1)C1CCN(S(=O)(=O)c2ccc(Cl)s2)CC1. The first-order valence-electron chi connectivity index (χ1n) is 8.51. The second kappa shape index (κ2) is 7.92. The molecule has 3 heterocycles. The highest BCUT2D eigenvalue weighted by molar-refractivity contribution is 7.91. The number of sulfonamides is 1. The molecule has 0 aromatic carbocycles. The van der Waals surface area contributed by atoms with Gasteiger partial charge in [0.15, 0.2) is 0 Å². The van der Waals surface area contributed by atoms with Crippen molar-refractivity contribution in [2.45, 2.75) is 48.9 Å². The smallest absolute Gasteiger partial charge is 0.252 e. The Morgan fingerprint density at radius 1 is 1.20 bits per heavy atom. The van der Waals surface area contributed by atoms with Crippen LogP contribution in [-0.2, 0) is 19.6 Å². The first kappa shape index (κ1) is 19.1. The van der Waals surface area contributed by atoms with E-state index in [1.165, 1.54) is 4.31 Å². The molecule has 0 atom stereocenters. The number of piperidine rings is 1. The molecular formula is C16H23ClN2O4S2. The van der Waals surface area contributed by atoms with Gasteiger partial charge < -0.3 is 9.64 Å². The number of thiophene rings is 1. The van der Waals surface area contributed by atoms with E-state index in [1.54, 1.807) is 19.1 Å². The van der Waals surface area contributed by atoms with E-state index in [0.29, 0.717) is 43.5 Å². The summed E-state index contributed by atoms with van der Waals surface area (Å²) in [6, 6.07) is 3.46. The van der Waals surface area contributed by atoms with Crippen molar-refractivity contribution >= 4 is 38.9 Å². The molecule has 0 radical (unpaired) electrons. The van der Waals surface area contributed by atoms with Gasteiger partial charge in [-0.25, -0.2) is 8.42 Å². The molecule has 140 valence electrons. The maximum atomic E-state index is 12.7. The Morgan fingerprint density at radius 3 is 2.32 bits per heavy atom. The molecule has 0 aliphatic carbocycles. The van der Waals surface area contributed by atoms with Gasteiger partial charge in [-0.15, -0.1) is 11.3 Å². The first-order valence-corrected chi connectivity index (χ1v) is 11.1. The number of hydrogen-bond donors (Lipinski definition) is 0. The molecule has 0 N–H and O–H groups in total. The third-order valence-corrected chi connectivity index (χ3v) is 8.50. The number of nitrogens with zero attached hydrogens (tertiary/aromatic N) is 2. The molecule has 0 bridgehead atoms. The minimum absolute atomic E-state index is 0.0678. The molecular weight excluding hydrogens is 384 g/mol. The van der Waals surface area contributed by atoms with Gasteiger partial charge in [0, 0.05) is 45.3 Å². The van der Waals surface area contributed by atoms with Crippen LogP contribution in [0.5, 0.6) is 0 Å². The number of carbonyl (C=O) groups excluding carboxylic acids is 1. The fourth-order valence-corrected chi connectivity index (χ4v) is 6.81. The lowest BCUT2D eigenvalue weighted by Gasteiger charge is -2.42. The van der Waals surface area contributed by atoms with E-state index in [-0.39, 0.29) is 22.2 Å². The average molecular weight is 407 g/mol. The highest BCUT2D eigenvalue weighted by Crippen LogP contribution is 2.31. The number of hydrogen-bond acceptors (Lipinski definition) is 5. The first-order chi connectivity index (χ1) is 11.9. The quantitative estimate of drug-likeness (QED) is 0.770. The van der Waals surface area contributed by atoms with E-state index in [4.69, 9.17) is 16.3 Å². The van der Waals surface area contributed by atoms with Crippen molar-refractivity contribution in [3.05, 3.63) is 16.5 Å². The van der Waals surface area contributed by atoms with Crippen LogP contribution < -0.4 is 0 Å². The summed E-state index contributed by atoms with van der Waals surface area (Å²) in [6.45, 7) is 3.82. The van der Waals surface area contributed by atoms with Crippen LogP contribution in [-0.4, -0.2) is 61.9 Å². The number of rotatable bonds is 4. The lowest BCUT2D eigenvalue weighted by molar-refractivity contribution is -0.137. The second-order valence-electron chi connectivity index (χ2n) is 6.46. The van der Waals surface area contributed by atoms with Crippen LogP contribution in [0, 0.1) is 0 Å². The Labute approximate surface area is 157 Å². The summed E-state index contributed by atoms with van der Waals surface area (Å²) in [4.78, 5) is 14.2. The summed E-state index contributed by atoms with van der Waals surface area (Å²) < 4.78 is 33.0. The molecule has 2 fully saturated rings. The molecule has 2 aliphatic heterocycles. The van der Waals surface area contributed by atoms with Crippen LogP contribution in [0.1, 0.15) is 32.6 Å². The Bertz CT molecular complexity index is 707. The van der Waals surface area contributed by atoms with E-state index < -0.39 is 10.0 Å². The third kappa shape index (κ3) is 4.19. The van der Waals surface area contributed by atoms with Crippen molar-refractivity contribution < 1.29 is 17.9 Å². The average Bonchev–Trinajstić information content (AvgIpc) is 3.03. The monoisotopic (exact) mass is 406 g/mol. The summed E-state index contributed by atoms with van der Waals surface area (Å²) >= 11 is 6.95. The summed E-state index contributed by atoms with van der Waals surface area (Å²) in [7, 11) is -3.49. The van der Waals surface area contributed by atoms with E-state index in [1.807, 2.05) is 4.90 Å². The van der Waals surface area contributed by atoms with Gasteiger partial charge in [-0.1, -0.05) is 11.6 Å². The van der Waals surface area contributed by atoms with E-state index in [2.05, 4.69) is 0 Å². The number of halogens is 1. The second-order valence-corrected chi connectivity index (χ2v) is 10.3. The van der Waals surface area contributed by atoms with Crippen molar-refractivity contribution in [2.24, 2.45) is 0 Å². The minimum Gasteiger partial charge on any atom is -0.381 e. The fourth-order valence-electron chi connectivity index (χ4n) is 3.70. The van der Waals surface area contributed by atoms with Crippen molar-refractivity contribution in [3.63, 3.8) is 0 Å². The predicted octanol–water partition coefficient (Wildman–Crippen LogP) is 2.58. The van der Waals surface area contributed by atoms with Crippen molar-refractivity contribution in [1.82, 2.24) is 9.21 Å². The van der Waals surface area contributed by atoms with Gasteiger partial charge >= 0.3 is 0 Å². The number of ether oxygens (including phenoxy) is 1. The van der Waals surface area contributed by atoms with E-state index >= 15 is 0 Å². The number of carbonyl (C=O) groups is 1. The molecule has 2 saturated heterocycles. The molecule has 0 saturated carbocycles. The minimum atomic E-state index is -3.49. The normalized spacial score (nSPS) is 21.4. The zero-order valence-corrected chi connectivity index (χ0v) is 16.6. The van der Waals surface area contributed by atoms with E-state index in [0.717, 1.165) is 24.2 Å². The van der Waals surface area contributed by atoms with Crippen molar-refractivity contribution in [3.8, 4) is 0 Å². The van der Waals surface area contributed by atoms with Gasteiger partial charge in [-0.05, 0) is 37.8 Å². The summed E-state index contributed by atoms with van der Waals surface area (Å²) in [5.41, 5.74) is 0. The molecule has 0 spiro atoms. The van der Waals surface area contributed by atoms with Crippen molar-refractivity contribution in [1.29, 1.82) is 0 Å². The Balaban J connectivity index is 1.66. The molecule has 3 rings (SSSR count). The van der Waals surface area contributed by atoms with Crippen LogP contribution in [0.2, 0.25) is 4.34 Å². The molecule has 1 aromatic heterocycles. The standard InChI is InChI=1S/C16H23ClN2O4S2/c1-12(20)19(14-6-10-23-11-7-14)13-4-8-18(9-5-13)25(21,22)16-3-2-15(17)24-16/h2-3,13-14H,4-11H2,1H3. The van der Waals surface area contributed by atoms with Gasteiger partial charge in [0.1, 0.15) is 4.21 Å². The van der Waals surface area contributed by atoms with Crippen LogP contribution >= 0.6 is 22.9 Å². The van der Waals surface area contributed by atoms with Gasteiger partial charge in [0.25, 0.3) is 10.0 Å². The van der Waals surface area contributed by atoms with E-state index in [9.17, 15) is 13.2 Å². The lowest BCUT2D eigenvalue weighted by atomic mass is 9.99. The maximum absolute atomic E-state index is 12.7. The molecule has 0 unspecified atom stereocenters. The highest BCUT2D eigenvalue weighted by atomic mass is 35.5. The van der Waals surface area contributed by atoms with Gasteiger partial charge in [-0.2, -0.15) is 4.31 Å².